The van der Waals surface area contributed by atoms with E-state index in [0.29, 0.717) is 12.5 Å². The molecule has 1 aliphatic carbocycles. The zero-order valence-electron chi connectivity index (χ0n) is 18.8. The van der Waals surface area contributed by atoms with Gasteiger partial charge in [0.2, 0.25) is 5.91 Å². The number of carbonyl (C=O) groups is 2. The molecule has 0 spiro atoms. The minimum Gasteiger partial charge on any atom is -0.381 e. The lowest BCUT2D eigenvalue weighted by Gasteiger charge is -2.31. The summed E-state index contributed by atoms with van der Waals surface area (Å²) in [6, 6.07) is 3.82. The monoisotopic (exact) mass is 454 g/mol. The second-order valence-electron chi connectivity index (χ2n) is 8.95. The minimum atomic E-state index is -4.47. The molecule has 5 nitrogen and oxygen atoms in total. The van der Waals surface area contributed by atoms with Crippen LogP contribution in [0.1, 0.15) is 73.9 Å². The van der Waals surface area contributed by atoms with Crippen LogP contribution in [-0.2, 0) is 22.3 Å². The summed E-state index contributed by atoms with van der Waals surface area (Å²) < 4.78 is 44.4. The Bertz CT molecular complexity index is 806. The van der Waals surface area contributed by atoms with Crippen molar-refractivity contribution in [1.82, 2.24) is 10.2 Å². The average molecular weight is 455 g/mol. The lowest BCUT2D eigenvalue weighted by molar-refractivity contribution is -0.137. The highest BCUT2D eigenvalue weighted by Gasteiger charge is 2.37. The van der Waals surface area contributed by atoms with Crippen LogP contribution in [0, 0.1) is 5.92 Å². The largest absolute Gasteiger partial charge is 0.416 e. The Morgan fingerprint density at radius 3 is 2.44 bits per heavy atom. The van der Waals surface area contributed by atoms with E-state index in [1.165, 1.54) is 17.4 Å². The molecular weight excluding hydrogens is 421 g/mol. The highest BCUT2D eigenvalue weighted by Crippen LogP contribution is 2.34. The topological polar surface area (TPSA) is 58.6 Å². The van der Waals surface area contributed by atoms with E-state index >= 15 is 0 Å². The molecule has 178 valence electrons. The van der Waals surface area contributed by atoms with E-state index in [4.69, 9.17) is 4.74 Å². The van der Waals surface area contributed by atoms with Gasteiger partial charge in [-0.1, -0.05) is 26.3 Å². The Balaban J connectivity index is 0.000000913. The molecule has 2 heterocycles. The molecular formula is C24H33F3N2O3. The Morgan fingerprint density at radius 2 is 1.78 bits per heavy atom. The second-order valence-corrected chi connectivity index (χ2v) is 8.95. The van der Waals surface area contributed by atoms with Crippen LogP contribution in [0.15, 0.2) is 18.2 Å². The van der Waals surface area contributed by atoms with Crippen LogP contribution in [0.3, 0.4) is 0 Å². The van der Waals surface area contributed by atoms with E-state index in [0.717, 1.165) is 51.0 Å². The molecule has 4 rings (SSSR count). The molecule has 1 aromatic carbocycles. The number of hydrogen-bond acceptors (Lipinski definition) is 4. The van der Waals surface area contributed by atoms with E-state index < -0.39 is 11.7 Å². The third-order valence-corrected chi connectivity index (χ3v) is 6.21. The summed E-state index contributed by atoms with van der Waals surface area (Å²) in [6.45, 7) is 5.74. The third kappa shape index (κ3) is 6.10. The molecule has 32 heavy (non-hydrogen) atoms. The lowest BCUT2D eigenvalue weighted by atomic mass is 9.94. The summed E-state index contributed by atoms with van der Waals surface area (Å²) in [6.07, 6.45) is 1.04. The van der Waals surface area contributed by atoms with Crippen LogP contribution in [0.2, 0.25) is 0 Å². The van der Waals surface area contributed by atoms with Gasteiger partial charge < -0.3 is 15.0 Å². The van der Waals surface area contributed by atoms with Crippen LogP contribution in [0.4, 0.5) is 13.2 Å². The van der Waals surface area contributed by atoms with Crippen LogP contribution in [-0.4, -0.2) is 48.4 Å². The second kappa shape index (κ2) is 10.8. The van der Waals surface area contributed by atoms with Gasteiger partial charge in [-0.25, -0.2) is 0 Å². The molecule has 0 radical (unpaired) electrons. The van der Waals surface area contributed by atoms with Crippen molar-refractivity contribution < 1.29 is 27.5 Å². The van der Waals surface area contributed by atoms with Crippen LogP contribution < -0.4 is 5.32 Å². The molecule has 3 aliphatic rings. The molecule has 2 fully saturated rings. The Morgan fingerprint density at radius 1 is 1.09 bits per heavy atom. The highest BCUT2D eigenvalue weighted by molar-refractivity contribution is 6.02. The fourth-order valence-corrected chi connectivity index (χ4v) is 4.66. The first-order chi connectivity index (χ1) is 15.2. The van der Waals surface area contributed by atoms with Crippen LogP contribution in [0.5, 0.6) is 0 Å². The van der Waals surface area contributed by atoms with Gasteiger partial charge in [0.25, 0.3) is 0 Å². The maximum atomic E-state index is 13.0. The molecule has 1 saturated carbocycles. The van der Waals surface area contributed by atoms with Gasteiger partial charge in [0.15, 0.2) is 5.78 Å². The molecule has 1 aromatic rings. The van der Waals surface area contributed by atoms with E-state index in [9.17, 15) is 22.8 Å². The Labute approximate surface area is 187 Å². The average Bonchev–Trinajstić information content (AvgIpc) is 3.22. The molecule has 1 N–H and O–H groups in total. The molecule has 1 amide bonds. The number of ether oxygens (including phenoxy) is 1. The standard InChI is InChI=1S/C21H25F3N2O3.C3H8/c22-21(23,24)15-2-4-18-14(9-15)11-26(12-19(18)27)20(28)13-1-3-17(10-13)25-16-5-7-29-8-6-16;1-3-2/h2,4,9,13,16-17,25H,1,3,5-8,10-12H2;3H2,1-2H3/t13-,17?;/m0./s1. The number of hydrogen-bond donors (Lipinski definition) is 1. The quantitative estimate of drug-likeness (QED) is 0.726. The van der Waals surface area contributed by atoms with Crippen molar-refractivity contribution in [3.8, 4) is 0 Å². The predicted molar refractivity (Wildman–Crippen MR) is 115 cm³/mol. The fraction of sp³-hybridized carbons (Fsp3) is 0.667. The van der Waals surface area contributed by atoms with Crippen LogP contribution in [0.25, 0.3) is 0 Å². The summed E-state index contributed by atoms with van der Waals surface area (Å²) in [5.74, 6) is -0.617. The summed E-state index contributed by atoms with van der Waals surface area (Å²) in [5, 5.41) is 3.61. The third-order valence-electron chi connectivity index (χ3n) is 6.21. The number of carbonyl (C=O) groups excluding carboxylic acids is 2. The van der Waals surface area contributed by atoms with Gasteiger partial charge in [-0.05, 0) is 49.8 Å². The number of amides is 1. The van der Waals surface area contributed by atoms with E-state index in [1.54, 1.807) is 0 Å². The molecule has 1 saturated heterocycles. The van der Waals surface area contributed by atoms with Crippen molar-refractivity contribution in [2.75, 3.05) is 19.8 Å². The van der Waals surface area contributed by atoms with E-state index in [1.807, 2.05) is 0 Å². The van der Waals surface area contributed by atoms with Gasteiger partial charge in [0, 0.05) is 43.3 Å². The predicted octanol–water partition coefficient (Wildman–Crippen LogP) is 4.58. The number of Topliss-reactive ketones (excluding diaryl/α,β-unsaturated/α-hetero) is 1. The SMILES string of the molecule is CCC.O=C1CN(C(=O)[C@H]2CCC(NC3CCOCC3)C2)Cc2cc(C(F)(F)F)ccc21. The first kappa shape index (κ1) is 24.7. The summed E-state index contributed by atoms with van der Waals surface area (Å²) in [7, 11) is 0. The first-order valence-electron chi connectivity index (χ1n) is 11.6. The fourth-order valence-electron chi connectivity index (χ4n) is 4.66. The number of fused-ring (bicyclic) bond motifs is 1. The number of ketones is 1. The lowest BCUT2D eigenvalue weighted by Crippen LogP contribution is -2.43. The van der Waals surface area contributed by atoms with Crippen molar-refractivity contribution in [3.63, 3.8) is 0 Å². The molecule has 1 unspecified atom stereocenters. The summed E-state index contributed by atoms with van der Waals surface area (Å²) in [4.78, 5) is 26.8. The normalized spacial score (nSPS) is 24.0. The highest BCUT2D eigenvalue weighted by atomic mass is 19.4. The molecule has 2 atom stereocenters. The number of benzene rings is 1. The van der Waals surface area contributed by atoms with Gasteiger partial charge in [-0.2, -0.15) is 13.2 Å². The number of halogens is 3. The number of nitrogens with zero attached hydrogens (tertiary/aromatic N) is 1. The molecule has 8 heteroatoms. The first-order valence-corrected chi connectivity index (χ1v) is 11.6. The summed E-state index contributed by atoms with van der Waals surface area (Å²) in [5.41, 5.74) is -0.230. The van der Waals surface area contributed by atoms with E-state index in [2.05, 4.69) is 19.2 Å². The number of alkyl halides is 3. The van der Waals surface area contributed by atoms with Gasteiger partial charge in [0.05, 0.1) is 12.1 Å². The zero-order valence-corrected chi connectivity index (χ0v) is 18.8. The molecule has 0 aromatic heterocycles. The van der Waals surface area contributed by atoms with Crippen molar-refractivity contribution in [2.24, 2.45) is 5.92 Å². The maximum Gasteiger partial charge on any atom is 0.416 e. The van der Waals surface area contributed by atoms with Gasteiger partial charge in [0.1, 0.15) is 0 Å². The maximum absolute atomic E-state index is 13.0. The number of rotatable bonds is 3. The Kier molecular flexibility index (Phi) is 8.33. The van der Waals surface area contributed by atoms with E-state index in [-0.39, 0.29) is 47.9 Å². The zero-order chi connectivity index (χ0) is 23.3. The van der Waals surface area contributed by atoms with Gasteiger partial charge in [-0.3, -0.25) is 9.59 Å². The summed E-state index contributed by atoms with van der Waals surface area (Å²) >= 11 is 0. The van der Waals surface area contributed by atoms with Gasteiger partial charge >= 0.3 is 6.18 Å². The van der Waals surface area contributed by atoms with Gasteiger partial charge in [-0.15, -0.1) is 0 Å². The van der Waals surface area contributed by atoms with Crippen molar-refractivity contribution in [2.45, 2.75) is 77.2 Å². The minimum absolute atomic E-state index is 0.0540. The van der Waals surface area contributed by atoms with Crippen LogP contribution >= 0.6 is 0 Å². The molecule has 0 bridgehead atoms. The van der Waals surface area contributed by atoms with Crippen molar-refractivity contribution in [3.05, 3.63) is 34.9 Å². The smallest absolute Gasteiger partial charge is 0.381 e. The Hall–Kier alpha value is -1.93. The molecule has 2 aliphatic heterocycles. The number of nitrogens with one attached hydrogen (secondary N) is 1. The van der Waals surface area contributed by atoms with Crippen molar-refractivity contribution >= 4 is 11.7 Å². The van der Waals surface area contributed by atoms with Crippen molar-refractivity contribution in [1.29, 1.82) is 0 Å².